The predicted molar refractivity (Wildman–Crippen MR) is 60.6 cm³/mol. The Morgan fingerprint density at radius 2 is 2.38 bits per heavy atom. The average Bonchev–Trinajstić information content (AvgIpc) is 2.79. The minimum Gasteiger partial charge on any atom is -0.477 e. The Morgan fingerprint density at radius 1 is 1.50 bits per heavy atom. The second-order valence-corrected chi connectivity index (χ2v) is 4.04. The standard InChI is InChI=1S/C10H9N3O2S/c14-9(15)8-3-4-11-10(13-8)12-6-7-2-1-5-16-7/h1-5H,6H2,(H,14,15)(H,11,12,13). The Labute approximate surface area is 95.8 Å². The summed E-state index contributed by atoms with van der Waals surface area (Å²) in [6.45, 7) is 0.598. The van der Waals surface area contributed by atoms with Crippen molar-refractivity contribution in [2.75, 3.05) is 5.32 Å². The summed E-state index contributed by atoms with van der Waals surface area (Å²) in [5.74, 6) is -0.727. The molecule has 0 radical (unpaired) electrons. The van der Waals surface area contributed by atoms with E-state index in [1.165, 1.54) is 12.3 Å². The molecular formula is C10H9N3O2S. The van der Waals surface area contributed by atoms with Crippen LogP contribution in [0.4, 0.5) is 5.95 Å². The van der Waals surface area contributed by atoms with Gasteiger partial charge in [0.2, 0.25) is 5.95 Å². The minimum atomic E-state index is -1.05. The second kappa shape index (κ2) is 4.71. The largest absolute Gasteiger partial charge is 0.477 e. The van der Waals surface area contributed by atoms with Gasteiger partial charge >= 0.3 is 5.97 Å². The van der Waals surface area contributed by atoms with Crippen LogP contribution in [0.5, 0.6) is 0 Å². The van der Waals surface area contributed by atoms with Crippen LogP contribution in [-0.4, -0.2) is 21.0 Å². The van der Waals surface area contributed by atoms with Gasteiger partial charge in [0.25, 0.3) is 0 Å². The molecule has 0 saturated carbocycles. The van der Waals surface area contributed by atoms with Crippen molar-refractivity contribution in [2.45, 2.75) is 6.54 Å². The van der Waals surface area contributed by atoms with Gasteiger partial charge in [0.15, 0.2) is 5.69 Å². The number of rotatable bonds is 4. The summed E-state index contributed by atoms with van der Waals surface area (Å²) in [7, 11) is 0. The number of hydrogen-bond acceptors (Lipinski definition) is 5. The molecule has 0 amide bonds. The van der Waals surface area contributed by atoms with Gasteiger partial charge in [0.05, 0.1) is 6.54 Å². The summed E-state index contributed by atoms with van der Waals surface area (Å²) >= 11 is 1.62. The smallest absolute Gasteiger partial charge is 0.354 e. The summed E-state index contributed by atoms with van der Waals surface area (Å²) in [4.78, 5) is 19.6. The molecule has 0 aliphatic rings. The molecule has 16 heavy (non-hydrogen) atoms. The van der Waals surface area contributed by atoms with Crippen molar-refractivity contribution in [1.82, 2.24) is 9.97 Å². The second-order valence-electron chi connectivity index (χ2n) is 3.00. The van der Waals surface area contributed by atoms with Crippen molar-refractivity contribution in [3.8, 4) is 0 Å². The lowest BCUT2D eigenvalue weighted by Crippen LogP contribution is -2.06. The van der Waals surface area contributed by atoms with Gasteiger partial charge in [-0.2, -0.15) is 0 Å². The molecule has 0 aliphatic carbocycles. The van der Waals surface area contributed by atoms with E-state index in [9.17, 15) is 4.79 Å². The van der Waals surface area contributed by atoms with Crippen LogP contribution in [0.2, 0.25) is 0 Å². The van der Waals surface area contributed by atoms with Crippen molar-refractivity contribution in [3.05, 3.63) is 40.3 Å². The van der Waals surface area contributed by atoms with Gasteiger partial charge in [-0.3, -0.25) is 0 Å². The molecule has 0 saturated heterocycles. The first-order valence-electron chi connectivity index (χ1n) is 4.58. The van der Waals surface area contributed by atoms with E-state index in [-0.39, 0.29) is 5.69 Å². The highest BCUT2D eigenvalue weighted by atomic mass is 32.1. The normalized spacial score (nSPS) is 10.0. The highest BCUT2D eigenvalue weighted by molar-refractivity contribution is 7.09. The Kier molecular flexibility index (Phi) is 3.11. The van der Waals surface area contributed by atoms with E-state index >= 15 is 0 Å². The molecule has 2 aromatic heterocycles. The zero-order valence-electron chi connectivity index (χ0n) is 8.25. The van der Waals surface area contributed by atoms with Crippen LogP contribution in [0.3, 0.4) is 0 Å². The molecule has 0 fully saturated rings. The lowest BCUT2D eigenvalue weighted by Gasteiger charge is -2.02. The highest BCUT2D eigenvalue weighted by Crippen LogP contribution is 2.10. The molecule has 82 valence electrons. The Morgan fingerprint density at radius 3 is 3.06 bits per heavy atom. The number of carbonyl (C=O) groups is 1. The number of carboxylic acid groups (broad SMARTS) is 1. The van der Waals surface area contributed by atoms with Crippen LogP contribution in [0.15, 0.2) is 29.8 Å². The van der Waals surface area contributed by atoms with E-state index in [0.29, 0.717) is 12.5 Å². The lowest BCUT2D eigenvalue weighted by atomic mass is 10.4. The number of nitrogens with zero attached hydrogens (tertiary/aromatic N) is 2. The van der Waals surface area contributed by atoms with Gasteiger partial charge < -0.3 is 10.4 Å². The quantitative estimate of drug-likeness (QED) is 0.845. The molecule has 0 aromatic carbocycles. The highest BCUT2D eigenvalue weighted by Gasteiger charge is 2.05. The fourth-order valence-corrected chi connectivity index (χ4v) is 1.79. The molecular weight excluding hydrogens is 226 g/mol. The Balaban J connectivity index is 2.04. The summed E-state index contributed by atoms with van der Waals surface area (Å²) in [5.41, 5.74) is -0.0105. The summed E-state index contributed by atoms with van der Waals surface area (Å²) in [5, 5.41) is 13.7. The van der Waals surface area contributed by atoms with Gasteiger partial charge in [-0.25, -0.2) is 14.8 Å². The van der Waals surface area contributed by atoms with Crippen LogP contribution in [-0.2, 0) is 6.54 Å². The Hall–Kier alpha value is -1.95. The van der Waals surface area contributed by atoms with Gasteiger partial charge in [0.1, 0.15) is 0 Å². The zero-order valence-corrected chi connectivity index (χ0v) is 9.07. The molecule has 0 aliphatic heterocycles. The van der Waals surface area contributed by atoms with Crippen molar-refractivity contribution < 1.29 is 9.90 Å². The molecule has 2 aromatic rings. The average molecular weight is 235 g/mol. The number of anilines is 1. The maximum atomic E-state index is 10.7. The van der Waals surface area contributed by atoms with Gasteiger partial charge in [-0.05, 0) is 17.5 Å². The van der Waals surface area contributed by atoms with Crippen molar-refractivity contribution >= 4 is 23.3 Å². The summed E-state index contributed by atoms with van der Waals surface area (Å²) < 4.78 is 0. The van der Waals surface area contributed by atoms with Crippen molar-refractivity contribution in [1.29, 1.82) is 0 Å². The third kappa shape index (κ3) is 2.54. The molecule has 0 atom stereocenters. The van der Waals surface area contributed by atoms with Crippen LogP contribution >= 0.6 is 11.3 Å². The molecule has 2 heterocycles. The van der Waals surface area contributed by atoms with E-state index in [4.69, 9.17) is 5.11 Å². The van der Waals surface area contributed by atoms with E-state index in [1.54, 1.807) is 11.3 Å². The van der Waals surface area contributed by atoms with Crippen molar-refractivity contribution in [2.24, 2.45) is 0 Å². The molecule has 5 nitrogen and oxygen atoms in total. The van der Waals surface area contributed by atoms with E-state index < -0.39 is 5.97 Å². The number of carboxylic acids is 1. The van der Waals surface area contributed by atoms with Crippen molar-refractivity contribution in [3.63, 3.8) is 0 Å². The molecule has 0 spiro atoms. The maximum absolute atomic E-state index is 10.7. The molecule has 0 bridgehead atoms. The van der Waals surface area contributed by atoms with Crippen LogP contribution in [0.25, 0.3) is 0 Å². The van der Waals surface area contributed by atoms with Gasteiger partial charge in [-0.15, -0.1) is 11.3 Å². The van der Waals surface area contributed by atoms with Crippen LogP contribution in [0, 0.1) is 0 Å². The molecule has 6 heteroatoms. The zero-order chi connectivity index (χ0) is 11.4. The topological polar surface area (TPSA) is 75.1 Å². The first-order chi connectivity index (χ1) is 7.75. The van der Waals surface area contributed by atoms with Crippen LogP contribution < -0.4 is 5.32 Å². The van der Waals surface area contributed by atoms with E-state index in [2.05, 4.69) is 15.3 Å². The fraction of sp³-hybridized carbons (Fsp3) is 0.100. The predicted octanol–water partition coefficient (Wildman–Crippen LogP) is 1.85. The monoisotopic (exact) mass is 235 g/mol. The summed E-state index contributed by atoms with van der Waals surface area (Å²) in [6.07, 6.45) is 1.42. The number of hydrogen-bond donors (Lipinski definition) is 2. The van der Waals surface area contributed by atoms with E-state index in [1.807, 2.05) is 17.5 Å². The number of thiophene rings is 1. The first-order valence-corrected chi connectivity index (χ1v) is 5.46. The fourth-order valence-electron chi connectivity index (χ4n) is 1.14. The van der Waals surface area contributed by atoms with Gasteiger partial charge in [-0.1, -0.05) is 6.07 Å². The lowest BCUT2D eigenvalue weighted by molar-refractivity contribution is 0.0690. The number of nitrogens with one attached hydrogen (secondary N) is 1. The Bertz CT molecular complexity index is 485. The number of aromatic nitrogens is 2. The van der Waals surface area contributed by atoms with Gasteiger partial charge in [0, 0.05) is 11.1 Å². The maximum Gasteiger partial charge on any atom is 0.354 e. The number of aromatic carboxylic acids is 1. The minimum absolute atomic E-state index is 0.0105. The van der Waals surface area contributed by atoms with Crippen LogP contribution in [0.1, 0.15) is 15.4 Å². The molecule has 2 rings (SSSR count). The summed E-state index contributed by atoms with van der Waals surface area (Å²) in [6, 6.07) is 5.30. The van der Waals surface area contributed by atoms with E-state index in [0.717, 1.165) is 4.88 Å². The first kappa shape index (κ1) is 10.6. The molecule has 0 unspecified atom stereocenters. The third-order valence-electron chi connectivity index (χ3n) is 1.88. The third-order valence-corrected chi connectivity index (χ3v) is 2.75. The molecule has 2 N–H and O–H groups in total. The SMILES string of the molecule is O=C(O)c1ccnc(NCc2cccs2)n1.